The minimum Gasteiger partial charge on any atom is -0.427 e. The fraction of sp³-hybridized carbons (Fsp3) is 0.550. The second kappa shape index (κ2) is 7.48. The summed E-state index contributed by atoms with van der Waals surface area (Å²) in [7, 11) is 1.84. The number of amides is 1. The van der Waals surface area contributed by atoms with Crippen LogP contribution >= 0.6 is 0 Å². The second-order valence-corrected chi connectivity index (χ2v) is 7.72. The normalized spacial score (nSPS) is 14.5. The molecule has 6 heteroatoms. The van der Waals surface area contributed by atoms with Crippen molar-refractivity contribution in [3.63, 3.8) is 0 Å². The summed E-state index contributed by atoms with van der Waals surface area (Å²) in [6.07, 6.45) is 6.90. The second-order valence-electron chi connectivity index (χ2n) is 7.72. The summed E-state index contributed by atoms with van der Waals surface area (Å²) >= 11 is 0. The maximum absolute atomic E-state index is 13.1. The number of aromatic nitrogens is 2. The number of rotatable bonds is 6. The van der Waals surface area contributed by atoms with E-state index in [1.807, 2.05) is 26.2 Å². The number of nitrogens with zero attached hydrogens (tertiary/aromatic N) is 3. The number of hydrogen-bond donors (Lipinski definition) is 0. The minimum atomic E-state index is -0.517. The van der Waals surface area contributed by atoms with Gasteiger partial charge in [-0.1, -0.05) is 20.3 Å². The van der Waals surface area contributed by atoms with E-state index in [1.54, 1.807) is 15.8 Å². The van der Waals surface area contributed by atoms with E-state index >= 15 is 0 Å². The van der Waals surface area contributed by atoms with Gasteiger partial charge in [-0.2, -0.15) is 5.10 Å². The van der Waals surface area contributed by atoms with Gasteiger partial charge in [-0.05, 0) is 37.3 Å². The Morgan fingerprint density at radius 2 is 2.15 bits per heavy atom. The molecule has 0 spiro atoms. The van der Waals surface area contributed by atoms with Crippen LogP contribution in [0.15, 0.2) is 27.7 Å². The summed E-state index contributed by atoms with van der Waals surface area (Å²) in [5.41, 5.74) is 1.28. The van der Waals surface area contributed by atoms with E-state index in [0.29, 0.717) is 24.6 Å². The lowest BCUT2D eigenvalue weighted by atomic mass is 9.83. The molecule has 1 saturated carbocycles. The molecular formula is C20H27N3O3. The molecule has 0 atom stereocenters. The number of carbonyl (C=O) groups excluding carboxylic acids is 1. The predicted octanol–water partition coefficient (Wildman–Crippen LogP) is 3.25. The fourth-order valence-electron chi connectivity index (χ4n) is 3.38. The van der Waals surface area contributed by atoms with Crippen molar-refractivity contribution in [3.8, 4) is 0 Å². The van der Waals surface area contributed by atoms with Crippen LogP contribution in [0.2, 0.25) is 0 Å². The van der Waals surface area contributed by atoms with E-state index in [4.69, 9.17) is 4.42 Å². The van der Waals surface area contributed by atoms with Gasteiger partial charge in [-0.15, -0.1) is 0 Å². The van der Waals surface area contributed by atoms with Crippen molar-refractivity contribution in [3.05, 3.63) is 51.3 Å². The topological polar surface area (TPSA) is 68.3 Å². The van der Waals surface area contributed by atoms with Gasteiger partial charge in [0.25, 0.3) is 5.91 Å². The third-order valence-electron chi connectivity index (χ3n) is 4.89. The highest BCUT2D eigenvalue weighted by Gasteiger charge is 2.27. The van der Waals surface area contributed by atoms with Crippen molar-refractivity contribution in [2.24, 2.45) is 13.0 Å². The standard InChI is InChI=1S/C20H27N3O3/c1-13(2)10-23(12-15-9-21-22(4)11-15)19(24)18-14(3)8-17(26-20(18)25)16-6-5-7-16/h8-9,11,13,16H,5-7,10,12H2,1-4H3. The van der Waals surface area contributed by atoms with Crippen LogP contribution in [0.4, 0.5) is 0 Å². The molecule has 6 nitrogen and oxygen atoms in total. The molecular weight excluding hydrogens is 330 g/mol. The van der Waals surface area contributed by atoms with Gasteiger partial charge >= 0.3 is 5.63 Å². The average molecular weight is 357 g/mol. The van der Waals surface area contributed by atoms with Crippen molar-refractivity contribution < 1.29 is 9.21 Å². The van der Waals surface area contributed by atoms with Crippen molar-refractivity contribution in [2.45, 2.75) is 52.5 Å². The molecule has 0 saturated heterocycles. The number of aryl methyl sites for hydroxylation is 2. The van der Waals surface area contributed by atoms with Gasteiger partial charge in [-0.25, -0.2) is 4.79 Å². The van der Waals surface area contributed by atoms with Crippen molar-refractivity contribution in [1.29, 1.82) is 0 Å². The van der Waals surface area contributed by atoms with Crippen LogP contribution in [0, 0.1) is 12.8 Å². The zero-order valence-electron chi connectivity index (χ0n) is 16.0. The van der Waals surface area contributed by atoms with Crippen LogP contribution in [0.3, 0.4) is 0 Å². The van der Waals surface area contributed by atoms with Crippen LogP contribution < -0.4 is 5.63 Å². The van der Waals surface area contributed by atoms with E-state index in [0.717, 1.165) is 24.2 Å². The molecule has 1 aliphatic carbocycles. The summed E-state index contributed by atoms with van der Waals surface area (Å²) in [4.78, 5) is 27.4. The molecule has 0 N–H and O–H groups in total. The average Bonchev–Trinajstić information content (AvgIpc) is 2.88. The Hall–Kier alpha value is -2.37. The molecule has 0 aliphatic heterocycles. The van der Waals surface area contributed by atoms with Crippen LogP contribution in [0.1, 0.15) is 66.3 Å². The first-order chi connectivity index (χ1) is 12.3. The molecule has 1 amide bonds. The van der Waals surface area contributed by atoms with Gasteiger partial charge in [0.15, 0.2) is 0 Å². The fourth-order valence-corrected chi connectivity index (χ4v) is 3.38. The first-order valence-corrected chi connectivity index (χ1v) is 9.26. The molecule has 0 bridgehead atoms. The molecule has 3 rings (SSSR count). The van der Waals surface area contributed by atoms with E-state index in [2.05, 4.69) is 18.9 Å². The van der Waals surface area contributed by atoms with Crippen molar-refractivity contribution in [1.82, 2.24) is 14.7 Å². The Balaban J connectivity index is 1.89. The summed E-state index contributed by atoms with van der Waals surface area (Å²) < 4.78 is 7.21. The van der Waals surface area contributed by atoms with Crippen molar-refractivity contribution >= 4 is 5.91 Å². The molecule has 2 heterocycles. The number of hydrogen-bond acceptors (Lipinski definition) is 4. The summed E-state index contributed by atoms with van der Waals surface area (Å²) in [6.45, 7) is 6.92. The highest BCUT2D eigenvalue weighted by molar-refractivity contribution is 5.95. The van der Waals surface area contributed by atoms with E-state index in [9.17, 15) is 9.59 Å². The Bertz CT molecular complexity index is 846. The largest absolute Gasteiger partial charge is 0.427 e. The molecule has 2 aromatic heterocycles. The first kappa shape index (κ1) is 18.4. The summed E-state index contributed by atoms with van der Waals surface area (Å²) in [6, 6.07) is 1.87. The molecule has 1 fully saturated rings. The van der Waals surface area contributed by atoms with Gasteiger partial charge in [0, 0.05) is 37.8 Å². The highest BCUT2D eigenvalue weighted by Crippen LogP contribution is 2.36. The van der Waals surface area contributed by atoms with Crippen molar-refractivity contribution in [2.75, 3.05) is 6.54 Å². The third-order valence-corrected chi connectivity index (χ3v) is 4.89. The molecule has 0 radical (unpaired) electrons. The van der Waals surface area contributed by atoms with Crippen LogP contribution in [0.25, 0.3) is 0 Å². The summed E-state index contributed by atoms with van der Waals surface area (Å²) in [5.74, 6) is 1.07. The maximum Gasteiger partial charge on any atom is 0.349 e. The Kier molecular flexibility index (Phi) is 5.30. The Morgan fingerprint density at radius 1 is 1.42 bits per heavy atom. The molecule has 2 aromatic rings. The smallest absolute Gasteiger partial charge is 0.349 e. The van der Waals surface area contributed by atoms with E-state index in [-0.39, 0.29) is 17.4 Å². The number of carbonyl (C=O) groups is 1. The lowest BCUT2D eigenvalue weighted by Crippen LogP contribution is -2.37. The molecule has 26 heavy (non-hydrogen) atoms. The van der Waals surface area contributed by atoms with E-state index < -0.39 is 5.63 Å². The Morgan fingerprint density at radius 3 is 2.65 bits per heavy atom. The Labute approximate surface area is 153 Å². The monoisotopic (exact) mass is 357 g/mol. The summed E-state index contributed by atoms with van der Waals surface area (Å²) in [5, 5.41) is 4.16. The minimum absolute atomic E-state index is 0.151. The third kappa shape index (κ3) is 3.89. The lowest BCUT2D eigenvalue weighted by molar-refractivity contribution is 0.0716. The highest BCUT2D eigenvalue weighted by atomic mass is 16.4. The predicted molar refractivity (Wildman–Crippen MR) is 99.1 cm³/mol. The zero-order chi connectivity index (χ0) is 18.8. The van der Waals surface area contributed by atoms with E-state index in [1.165, 1.54) is 6.42 Å². The lowest BCUT2D eigenvalue weighted by Gasteiger charge is -2.26. The molecule has 1 aliphatic rings. The van der Waals surface area contributed by atoms with Gasteiger partial charge in [0.05, 0.1) is 6.20 Å². The maximum atomic E-state index is 13.1. The molecule has 0 aromatic carbocycles. The SMILES string of the molecule is Cc1cc(C2CCC2)oc(=O)c1C(=O)N(Cc1cnn(C)c1)CC(C)C. The molecule has 140 valence electrons. The van der Waals surface area contributed by atoms with Crippen LogP contribution in [-0.4, -0.2) is 27.1 Å². The van der Waals surface area contributed by atoms with Crippen LogP contribution in [-0.2, 0) is 13.6 Å². The van der Waals surface area contributed by atoms with Gasteiger partial charge in [0.2, 0.25) is 0 Å². The first-order valence-electron chi connectivity index (χ1n) is 9.26. The van der Waals surface area contributed by atoms with Gasteiger partial charge < -0.3 is 9.32 Å². The van der Waals surface area contributed by atoms with Gasteiger partial charge in [-0.3, -0.25) is 9.48 Å². The molecule has 0 unspecified atom stereocenters. The quantitative estimate of drug-likeness (QED) is 0.796. The van der Waals surface area contributed by atoms with Gasteiger partial charge in [0.1, 0.15) is 11.3 Å². The zero-order valence-corrected chi connectivity index (χ0v) is 16.0. The van der Waals surface area contributed by atoms with Crippen LogP contribution in [0.5, 0.6) is 0 Å².